The second kappa shape index (κ2) is 4.20. The molecule has 0 saturated carbocycles. The van der Waals surface area contributed by atoms with Gasteiger partial charge in [0.2, 0.25) is 6.20 Å². The molecule has 1 unspecified atom stereocenters. The van der Waals surface area contributed by atoms with Gasteiger partial charge < -0.3 is 5.32 Å². The molecule has 0 radical (unpaired) electrons. The molecule has 3 rings (SSSR count). The van der Waals surface area contributed by atoms with Gasteiger partial charge in [0.05, 0.1) is 4.92 Å². The maximum Gasteiger partial charge on any atom is 0.269 e. The molecule has 96 valence electrons. The monoisotopic (exact) mass is 259 g/mol. The molecule has 1 fully saturated rings. The Morgan fingerprint density at radius 2 is 2.11 bits per heavy atom. The van der Waals surface area contributed by atoms with Gasteiger partial charge in [-0.25, -0.2) is 4.99 Å². The zero-order chi connectivity index (χ0) is 13.4. The van der Waals surface area contributed by atoms with E-state index in [4.69, 9.17) is 0 Å². The van der Waals surface area contributed by atoms with Crippen molar-refractivity contribution in [2.45, 2.75) is 6.04 Å². The lowest BCUT2D eigenvalue weighted by atomic mass is 10.1. The van der Waals surface area contributed by atoms with Gasteiger partial charge in [0, 0.05) is 12.1 Å². The van der Waals surface area contributed by atoms with Gasteiger partial charge in [0.15, 0.2) is 12.0 Å². The highest BCUT2D eigenvalue weighted by molar-refractivity contribution is 5.89. The predicted molar refractivity (Wildman–Crippen MR) is 65.8 cm³/mol. The number of nitrogens with one attached hydrogen (secondary N) is 2. The molecular weight excluding hydrogens is 248 g/mol. The molecule has 0 aromatic heterocycles. The van der Waals surface area contributed by atoms with Crippen molar-refractivity contribution >= 4 is 17.8 Å². The lowest BCUT2D eigenvalue weighted by Gasteiger charge is -2.12. The van der Waals surface area contributed by atoms with Gasteiger partial charge in [-0.1, -0.05) is 0 Å². The van der Waals surface area contributed by atoms with E-state index in [2.05, 4.69) is 10.3 Å². The van der Waals surface area contributed by atoms with Crippen LogP contribution in [0.15, 0.2) is 36.3 Å². The second-order valence-electron chi connectivity index (χ2n) is 4.28. The summed E-state index contributed by atoms with van der Waals surface area (Å²) in [5, 5.41) is 13.7. The first kappa shape index (κ1) is 11.4. The van der Waals surface area contributed by atoms with Crippen molar-refractivity contribution in [1.82, 2.24) is 10.2 Å². The summed E-state index contributed by atoms with van der Waals surface area (Å²) in [6, 6.07) is 5.52. The highest BCUT2D eigenvalue weighted by atomic mass is 16.6. The topological polar surface area (TPSA) is 89.4 Å². The number of amides is 1. The number of carbonyl (C=O) groups is 1. The average molecular weight is 259 g/mol. The van der Waals surface area contributed by atoms with Gasteiger partial charge in [-0.2, -0.15) is 0 Å². The molecule has 1 atom stereocenters. The minimum atomic E-state index is -0.486. The summed E-state index contributed by atoms with van der Waals surface area (Å²) in [6.07, 6.45) is 3.49. The Hall–Kier alpha value is -2.70. The minimum absolute atomic E-state index is 0.0149. The number of benzene rings is 1. The van der Waals surface area contributed by atoms with E-state index < -0.39 is 11.0 Å². The molecule has 2 aliphatic rings. The lowest BCUT2D eigenvalue weighted by Crippen LogP contribution is -2.66. The predicted octanol–water partition coefficient (Wildman–Crippen LogP) is -0.968. The van der Waals surface area contributed by atoms with Crippen molar-refractivity contribution in [1.29, 1.82) is 0 Å². The van der Waals surface area contributed by atoms with Crippen molar-refractivity contribution < 1.29 is 14.7 Å². The third-order valence-electron chi connectivity index (χ3n) is 3.15. The zero-order valence-electron chi connectivity index (χ0n) is 9.87. The van der Waals surface area contributed by atoms with Gasteiger partial charge in [-0.15, -0.1) is 0 Å². The van der Waals surface area contributed by atoms with Crippen LogP contribution in [0.25, 0.3) is 0 Å². The fourth-order valence-corrected chi connectivity index (χ4v) is 2.17. The molecule has 0 aliphatic carbocycles. The molecule has 2 aliphatic heterocycles. The van der Waals surface area contributed by atoms with Crippen LogP contribution in [0.4, 0.5) is 5.69 Å². The Balaban J connectivity index is 1.87. The SMILES string of the molecule is O=C1C(c2ccc([N+](=O)[O-])cc2)NC2=C[NH+]=CCN12. The Morgan fingerprint density at radius 3 is 2.74 bits per heavy atom. The molecule has 0 spiro atoms. The van der Waals surface area contributed by atoms with E-state index in [9.17, 15) is 14.9 Å². The van der Waals surface area contributed by atoms with Crippen molar-refractivity contribution in [3.8, 4) is 0 Å². The number of nitro groups is 1. The van der Waals surface area contributed by atoms with E-state index >= 15 is 0 Å². The van der Waals surface area contributed by atoms with Crippen LogP contribution in [0, 0.1) is 10.1 Å². The number of nitro benzene ring substituents is 1. The highest BCUT2D eigenvalue weighted by Crippen LogP contribution is 2.26. The molecule has 1 aromatic rings. The number of hydrogen-bond donors (Lipinski definition) is 2. The maximum absolute atomic E-state index is 12.2. The third kappa shape index (κ3) is 1.85. The highest BCUT2D eigenvalue weighted by Gasteiger charge is 2.38. The normalized spacial score (nSPS) is 20.8. The zero-order valence-corrected chi connectivity index (χ0v) is 9.87. The molecule has 1 amide bonds. The van der Waals surface area contributed by atoms with Gasteiger partial charge >= 0.3 is 0 Å². The molecule has 0 bridgehead atoms. The number of rotatable bonds is 2. The number of carbonyl (C=O) groups excluding carboxylic acids is 1. The smallest absolute Gasteiger partial charge is 0.269 e. The van der Waals surface area contributed by atoms with Gasteiger partial charge in [-0.05, 0) is 17.7 Å². The Kier molecular flexibility index (Phi) is 2.52. The number of fused-ring (bicyclic) bond motifs is 1. The molecule has 2 N–H and O–H groups in total. The molecule has 2 heterocycles. The quantitative estimate of drug-likeness (QED) is 0.528. The summed E-state index contributed by atoms with van der Waals surface area (Å²) in [5.74, 6) is 0.661. The average Bonchev–Trinajstić information content (AvgIpc) is 2.77. The minimum Gasteiger partial charge on any atom is -0.351 e. The number of non-ortho nitro benzene ring substituents is 1. The fourth-order valence-electron chi connectivity index (χ4n) is 2.17. The Bertz CT molecular complexity index is 606. The standard InChI is InChI=1S/C12H10N4O3/c17-12-11(14-10-7-13-5-6-15(10)12)8-1-3-9(4-2-8)16(18)19/h1-5,7,11,14H,6H2/p+1. The second-order valence-corrected chi connectivity index (χ2v) is 4.28. The summed E-state index contributed by atoms with van der Waals surface area (Å²) in [6.45, 7) is 0.501. The van der Waals surface area contributed by atoms with E-state index in [0.717, 1.165) is 5.82 Å². The fraction of sp³-hybridized carbons (Fsp3) is 0.167. The van der Waals surface area contributed by atoms with Crippen molar-refractivity contribution in [2.24, 2.45) is 0 Å². The third-order valence-corrected chi connectivity index (χ3v) is 3.15. The molecular formula is C12H11N4O3+. The maximum atomic E-state index is 12.2. The van der Waals surface area contributed by atoms with Gasteiger partial charge in [0.1, 0.15) is 12.6 Å². The summed E-state index contributed by atoms with van der Waals surface area (Å²) >= 11 is 0. The summed E-state index contributed by atoms with van der Waals surface area (Å²) < 4.78 is 0. The molecule has 1 aromatic carbocycles. The van der Waals surface area contributed by atoms with Crippen LogP contribution in [0.3, 0.4) is 0 Å². The van der Waals surface area contributed by atoms with Gasteiger partial charge in [-0.3, -0.25) is 19.8 Å². The first-order chi connectivity index (χ1) is 9.16. The van der Waals surface area contributed by atoms with Crippen molar-refractivity contribution in [3.63, 3.8) is 0 Å². The first-order valence-corrected chi connectivity index (χ1v) is 5.77. The van der Waals surface area contributed by atoms with E-state index in [1.165, 1.54) is 12.1 Å². The van der Waals surface area contributed by atoms with Crippen molar-refractivity contribution in [3.05, 3.63) is 52.0 Å². The Labute approximate surface area is 108 Å². The number of hydrogen-bond acceptors (Lipinski definition) is 4. The van der Waals surface area contributed by atoms with Crippen LogP contribution in [0.5, 0.6) is 0 Å². The van der Waals surface area contributed by atoms with E-state index in [1.807, 2.05) is 0 Å². The van der Waals surface area contributed by atoms with Crippen LogP contribution >= 0.6 is 0 Å². The Morgan fingerprint density at radius 1 is 1.37 bits per heavy atom. The summed E-state index contributed by atoms with van der Waals surface area (Å²) in [7, 11) is 0. The van der Waals surface area contributed by atoms with Crippen LogP contribution in [-0.4, -0.2) is 28.5 Å². The van der Waals surface area contributed by atoms with Crippen LogP contribution in [0.1, 0.15) is 11.6 Å². The van der Waals surface area contributed by atoms with E-state index in [-0.39, 0.29) is 11.6 Å². The van der Waals surface area contributed by atoms with Gasteiger partial charge in [0.25, 0.3) is 11.6 Å². The van der Waals surface area contributed by atoms with E-state index in [1.54, 1.807) is 29.4 Å². The first-order valence-electron chi connectivity index (χ1n) is 5.77. The summed E-state index contributed by atoms with van der Waals surface area (Å²) in [5.41, 5.74) is 0.729. The van der Waals surface area contributed by atoms with Crippen LogP contribution < -0.4 is 10.3 Å². The molecule has 7 nitrogen and oxygen atoms in total. The summed E-state index contributed by atoms with van der Waals surface area (Å²) in [4.78, 5) is 26.9. The van der Waals surface area contributed by atoms with E-state index in [0.29, 0.717) is 12.1 Å². The van der Waals surface area contributed by atoms with Crippen molar-refractivity contribution in [2.75, 3.05) is 6.54 Å². The molecule has 1 saturated heterocycles. The largest absolute Gasteiger partial charge is 0.351 e. The van der Waals surface area contributed by atoms with Crippen LogP contribution in [0.2, 0.25) is 0 Å². The molecule has 19 heavy (non-hydrogen) atoms. The lowest BCUT2D eigenvalue weighted by molar-refractivity contribution is -0.384. The number of nitrogens with zero attached hydrogens (tertiary/aromatic N) is 2. The van der Waals surface area contributed by atoms with Crippen LogP contribution in [-0.2, 0) is 4.79 Å². The molecule has 7 heteroatoms.